The number of rotatable bonds is 5. The number of carboxylic acid groups (broad SMARTS) is 1. The molecule has 15 heteroatoms. The molecule has 14 nitrogen and oxygen atoms in total. The van der Waals surface area contributed by atoms with Crippen molar-refractivity contribution < 1.29 is 41.6 Å². The van der Waals surface area contributed by atoms with Gasteiger partial charge in [-0.3, -0.25) is 19.2 Å². The minimum Gasteiger partial charge on any atom is -0.465 e. The van der Waals surface area contributed by atoms with E-state index in [9.17, 15) is 22.8 Å². The Morgan fingerprint density at radius 3 is 2.32 bits per heavy atom. The number of piperidine rings is 1. The van der Waals surface area contributed by atoms with Crippen LogP contribution in [-0.4, -0.2) is 93.8 Å². The molecule has 3 N–H and O–H groups in total. The van der Waals surface area contributed by atoms with Crippen LogP contribution >= 0.6 is 0 Å². The Hall–Kier alpha value is -3.01. The van der Waals surface area contributed by atoms with E-state index >= 15 is 0 Å². The smallest absolute Gasteiger partial charge is 0.418 e. The van der Waals surface area contributed by atoms with Crippen LogP contribution in [0.15, 0.2) is 30.6 Å². The maximum atomic E-state index is 12.2. The molecule has 3 fully saturated rings. The number of hydrogen-bond acceptors (Lipinski definition) is 8. The molecule has 3 aliphatic rings. The van der Waals surface area contributed by atoms with Gasteiger partial charge in [-0.15, -0.1) is 4.28 Å². The van der Waals surface area contributed by atoms with Gasteiger partial charge in [0, 0.05) is 18.9 Å². The van der Waals surface area contributed by atoms with Crippen molar-refractivity contribution in [3.63, 3.8) is 0 Å². The molecule has 0 aliphatic carbocycles. The van der Waals surface area contributed by atoms with Crippen molar-refractivity contribution in [1.82, 2.24) is 25.3 Å². The molecule has 4 rings (SSSR count). The summed E-state index contributed by atoms with van der Waals surface area (Å²) in [6.45, 7) is 0.324. The Labute approximate surface area is 177 Å². The summed E-state index contributed by atoms with van der Waals surface area (Å²) in [5, 5.41) is 9.24. The normalized spacial score (nSPS) is 23.0. The van der Waals surface area contributed by atoms with Gasteiger partial charge < -0.3 is 14.9 Å². The van der Waals surface area contributed by atoms with Crippen LogP contribution < -0.4 is 5.48 Å². The molecular formula is C16H21N5O9S. The molecule has 3 aliphatic heterocycles. The van der Waals surface area contributed by atoms with Crippen LogP contribution in [0.1, 0.15) is 12.8 Å². The van der Waals surface area contributed by atoms with E-state index in [0.29, 0.717) is 11.5 Å². The molecule has 0 saturated carbocycles. The van der Waals surface area contributed by atoms with E-state index in [2.05, 4.69) is 14.7 Å². The lowest BCUT2D eigenvalue weighted by Crippen LogP contribution is -2.57. The fraction of sp³-hybridized carbons (Fsp3) is 0.500. The number of amides is 4. The highest BCUT2D eigenvalue weighted by atomic mass is 32.3. The number of hydroxylamine groups is 3. The highest BCUT2D eigenvalue weighted by molar-refractivity contribution is 7.80. The van der Waals surface area contributed by atoms with Crippen molar-refractivity contribution in [2.45, 2.75) is 31.0 Å². The molecule has 0 unspecified atom stereocenters. The number of aromatic nitrogens is 1. The average molecular weight is 459 g/mol. The summed E-state index contributed by atoms with van der Waals surface area (Å²) >= 11 is 0. The summed E-state index contributed by atoms with van der Waals surface area (Å²) in [6.07, 6.45) is 2.51. The van der Waals surface area contributed by atoms with Gasteiger partial charge in [0.25, 0.3) is 5.91 Å². The van der Waals surface area contributed by atoms with Gasteiger partial charge in [-0.05, 0) is 25.0 Å². The molecule has 3 saturated heterocycles. The van der Waals surface area contributed by atoms with Gasteiger partial charge in [0.15, 0.2) is 0 Å². The number of pyridine rings is 1. The summed E-state index contributed by atoms with van der Waals surface area (Å²) in [7, 11) is -4.85. The summed E-state index contributed by atoms with van der Waals surface area (Å²) < 4.78 is 34.6. The Morgan fingerprint density at radius 1 is 1.13 bits per heavy atom. The van der Waals surface area contributed by atoms with Gasteiger partial charge in [-0.25, -0.2) is 15.1 Å². The molecule has 4 heterocycles. The van der Waals surface area contributed by atoms with Crippen molar-refractivity contribution in [2.75, 3.05) is 19.6 Å². The van der Waals surface area contributed by atoms with E-state index in [1.165, 1.54) is 0 Å². The molecule has 0 radical (unpaired) electrons. The Bertz CT molecular complexity index is 883. The van der Waals surface area contributed by atoms with Gasteiger partial charge in [-0.2, -0.15) is 13.5 Å². The summed E-state index contributed by atoms with van der Waals surface area (Å²) in [6, 6.07) is 3.40. The van der Waals surface area contributed by atoms with Crippen molar-refractivity contribution in [1.29, 1.82) is 0 Å². The molecule has 31 heavy (non-hydrogen) atoms. The molecule has 1 aromatic rings. The third kappa shape index (κ3) is 5.78. The lowest BCUT2D eigenvalue weighted by molar-refractivity contribution is -0.151. The van der Waals surface area contributed by atoms with E-state index in [0.717, 1.165) is 9.80 Å². The molecule has 2 bridgehead atoms. The molecule has 2 atom stereocenters. The number of hydrogen-bond donors (Lipinski definition) is 3. The van der Waals surface area contributed by atoms with Crippen LogP contribution in [0.4, 0.5) is 9.59 Å². The van der Waals surface area contributed by atoms with Crippen LogP contribution in [0.5, 0.6) is 0 Å². The SMILES string of the molecule is O=C(NOC1CN(C(=O)O)C1)[C@@H]1CC[C@@H]2CN1C(=O)N2OS(=O)(=O)O.c1ccncc1. The van der Waals surface area contributed by atoms with Gasteiger partial charge >= 0.3 is 22.5 Å². The zero-order valence-corrected chi connectivity index (χ0v) is 16.9. The molecule has 0 aromatic carbocycles. The number of urea groups is 1. The van der Waals surface area contributed by atoms with Crippen molar-refractivity contribution in [3.05, 3.63) is 30.6 Å². The fourth-order valence-electron chi connectivity index (χ4n) is 3.30. The number of fused-ring (bicyclic) bond motifs is 2. The summed E-state index contributed by atoms with van der Waals surface area (Å²) in [4.78, 5) is 46.1. The van der Waals surface area contributed by atoms with Gasteiger partial charge in [-0.1, -0.05) is 6.07 Å². The standard InChI is InChI=1S/C11H16N4O9S.C5H5N/c16-9(12-23-7-4-13(5-7)11(18)19)8-2-1-6-3-14(8)10(17)15(6)24-25(20,21)22;1-2-4-6-5-3-1/h6-8H,1-5H2,(H,12,16)(H,18,19)(H,20,21,22);1-5H/t6-,8+;/m1./s1. The second-order valence-corrected chi connectivity index (χ2v) is 7.93. The Morgan fingerprint density at radius 2 is 1.81 bits per heavy atom. The first-order valence-electron chi connectivity index (χ1n) is 9.21. The van der Waals surface area contributed by atoms with Crippen LogP contribution in [0, 0.1) is 0 Å². The Kier molecular flexibility index (Phi) is 6.89. The first-order chi connectivity index (χ1) is 14.7. The molecule has 1 aromatic heterocycles. The van der Waals surface area contributed by atoms with E-state index in [1.807, 2.05) is 18.2 Å². The zero-order chi connectivity index (χ0) is 22.6. The highest BCUT2D eigenvalue weighted by Crippen LogP contribution is 2.30. The number of nitrogens with one attached hydrogen (secondary N) is 1. The van der Waals surface area contributed by atoms with Crippen LogP contribution in [0.3, 0.4) is 0 Å². The lowest BCUT2D eigenvalue weighted by Gasteiger charge is -2.36. The van der Waals surface area contributed by atoms with Gasteiger partial charge in [0.05, 0.1) is 19.1 Å². The van der Waals surface area contributed by atoms with E-state index in [-0.39, 0.29) is 26.1 Å². The third-order valence-electron chi connectivity index (χ3n) is 4.81. The Balaban J connectivity index is 0.000000391. The fourth-order valence-corrected chi connectivity index (χ4v) is 3.68. The van der Waals surface area contributed by atoms with Gasteiger partial charge in [0.2, 0.25) is 0 Å². The summed E-state index contributed by atoms with van der Waals surface area (Å²) in [5.74, 6) is -0.603. The number of likely N-dealkylation sites (tertiary alicyclic amines) is 1. The lowest BCUT2D eigenvalue weighted by atomic mass is 10.0. The minimum absolute atomic E-state index is 0.0721. The predicted molar refractivity (Wildman–Crippen MR) is 100 cm³/mol. The minimum atomic E-state index is -4.85. The zero-order valence-electron chi connectivity index (χ0n) is 16.1. The van der Waals surface area contributed by atoms with E-state index in [4.69, 9.17) is 14.5 Å². The molecule has 0 spiro atoms. The molecule has 4 amide bonds. The largest absolute Gasteiger partial charge is 0.465 e. The monoisotopic (exact) mass is 459 g/mol. The van der Waals surface area contributed by atoms with Crippen molar-refractivity contribution in [3.8, 4) is 0 Å². The number of nitrogens with zero attached hydrogens (tertiary/aromatic N) is 4. The second kappa shape index (κ2) is 9.42. The highest BCUT2D eigenvalue weighted by Gasteiger charge is 2.49. The maximum Gasteiger partial charge on any atom is 0.418 e. The average Bonchev–Trinajstić information content (AvgIpc) is 2.92. The maximum absolute atomic E-state index is 12.2. The van der Waals surface area contributed by atoms with Gasteiger partial charge in [0.1, 0.15) is 12.1 Å². The van der Waals surface area contributed by atoms with Crippen molar-refractivity contribution >= 4 is 28.4 Å². The first kappa shape index (κ1) is 22.7. The number of carbonyl (C=O) groups excluding carboxylic acids is 2. The topological polar surface area (TPSA) is 179 Å². The van der Waals surface area contributed by atoms with Crippen molar-refractivity contribution in [2.24, 2.45) is 0 Å². The predicted octanol–water partition coefficient (Wildman–Crippen LogP) is -0.519. The van der Waals surface area contributed by atoms with E-state index < -0.39 is 46.6 Å². The first-order valence-corrected chi connectivity index (χ1v) is 10.6. The molecule has 170 valence electrons. The quantitative estimate of drug-likeness (QED) is 0.383. The third-order valence-corrected chi connectivity index (χ3v) is 5.16. The number of carbonyl (C=O) groups is 3. The van der Waals surface area contributed by atoms with Crippen LogP contribution in [0.25, 0.3) is 0 Å². The molecular weight excluding hydrogens is 438 g/mol. The van der Waals surface area contributed by atoms with E-state index in [1.54, 1.807) is 12.4 Å². The summed E-state index contributed by atoms with van der Waals surface area (Å²) in [5.41, 5.74) is 2.20. The second-order valence-electron chi connectivity index (χ2n) is 6.93. The van der Waals surface area contributed by atoms with Crippen LogP contribution in [-0.2, 0) is 24.3 Å². The van der Waals surface area contributed by atoms with Crippen LogP contribution in [0.2, 0.25) is 0 Å².